The summed E-state index contributed by atoms with van der Waals surface area (Å²) in [4.78, 5) is 11.8. The van der Waals surface area contributed by atoms with Gasteiger partial charge in [-0.15, -0.1) is 11.3 Å². The van der Waals surface area contributed by atoms with Crippen LogP contribution in [0.5, 0.6) is 0 Å². The van der Waals surface area contributed by atoms with Crippen LogP contribution in [0.4, 0.5) is 0 Å². The number of guanidine groups is 1. The summed E-state index contributed by atoms with van der Waals surface area (Å²) in [7, 11) is 0. The fourth-order valence-electron chi connectivity index (χ4n) is 3.17. The highest BCUT2D eigenvalue weighted by Gasteiger charge is 2.08. The lowest BCUT2D eigenvalue weighted by molar-refractivity contribution is 0.224. The Morgan fingerprint density at radius 3 is 2.76 bits per heavy atom. The zero-order valence-electron chi connectivity index (χ0n) is 16.0. The number of piperidine rings is 1. The highest BCUT2D eigenvalue weighted by atomic mass is 32.1. The van der Waals surface area contributed by atoms with Crippen LogP contribution in [0.3, 0.4) is 0 Å². The molecule has 1 saturated heterocycles. The molecular formula is C19H35N5S. The summed E-state index contributed by atoms with van der Waals surface area (Å²) in [6, 6.07) is 0. The van der Waals surface area contributed by atoms with Crippen LogP contribution in [-0.4, -0.2) is 55.1 Å². The Balaban J connectivity index is 1.56. The SMILES string of the molecule is CCNC(=NCCCCCN1CCCCC1)NCCc1csc(C)n1. The minimum absolute atomic E-state index is 0.879. The molecule has 0 saturated carbocycles. The maximum Gasteiger partial charge on any atom is 0.191 e. The van der Waals surface area contributed by atoms with Crippen LogP contribution in [-0.2, 0) is 6.42 Å². The average Bonchev–Trinajstić information content (AvgIpc) is 3.04. The van der Waals surface area contributed by atoms with E-state index in [1.54, 1.807) is 11.3 Å². The molecule has 1 fully saturated rings. The first-order valence-electron chi connectivity index (χ1n) is 9.93. The summed E-state index contributed by atoms with van der Waals surface area (Å²) in [5, 5.41) is 10.0. The van der Waals surface area contributed by atoms with Gasteiger partial charge in [0.2, 0.25) is 0 Å². The van der Waals surface area contributed by atoms with E-state index in [0.717, 1.165) is 37.0 Å². The van der Waals surface area contributed by atoms with Gasteiger partial charge in [-0.05, 0) is 59.2 Å². The molecule has 2 heterocycles. The molecule has 0 amide bonds. The normalized spacial score (nSPS) is 16.2. The molecule has 142 valence electrons. The summed E-state index contributed by atoms with van der Waals surface area (Å²) in [5.74, 6) is 0.936. The number of thiazole rings is 1. The second kappa shape index (κ2) is 12.3. The van der Waals surface area contributed by atoms with Crippen LogP contribution in [0.15, 0.2) is 10.4 Å². The maximum absolute atomic E-state index is 4.70. The highest BCUT2D eigenvalue weighted by Crippen LogP contribution is 2.10. The van der Waals surface area contributed by atoms with Gasteiger partial charge in [-0.3, -0.25) is 4.99 Å². The Morgan fingerprint density at radius 2 is 2.04 bits per heavy atom. The number of nitrogens with zero attached hydrogens (tertiary/aromatic N) is 3. The summed E-state index contributed by atoms with van der Waals surface area (Å²) < 4.78 is 0. The molecule has 6 heteroatoms. The largest absolute Gasteiger partial charge is 0.357 e. The first-order chi connectivity index (χ1) is 12.3. The van der Waals surface area contributed by atoms with Crippen LogP contribution >= 0.6 is 11.3 Å². The lowest BCUT2D eigenvalue weighted by Gasteiger charge is -2.26. The van der Waals surface area contributed by atoms with Gasteiger partial charge >= 0.3 is 0 Å². The Bertz CT molecular complexity index is 494. The van der Waals surface area contributed by atoms with Gasteiger partial charge in [-0.25, -0.2) is 4.98 Å². The predicted molar refractivity (Wildman–Crippen MR) is 109 cm³/mol. The molecule has 0 unspecified atom stereocenters. The van der Waals surface area contributed by atoms with E-state index in [1.807, 2.05) is 0 Å². The summed E-state index contributed by atoms with van der Waals surface area (Å²) in [6.45, 7) is 10.7. The van der Waals surface area contributed by atoms with Crippen LogP contribution in [0.1, 0.15) is 56.2 Å². The summed E-state index contributed by atoms with van der Waals surface area (Å²) in [6.07, 6.45) is 8.92. The zero-order valence-corrected chi connectivity index (χ0v) is 16.8. The number of aromatic nitrogens is 1. The molecule has 5 nitrogen and oxygen atoms in total. The molecule has 1 aliphatic rings. The summed E-state index contributed by atoms with van der Waals surface area (Å²) >= 11 is 1.72. The van der Waals surface area contributed by atoms with E-state index in [1.165, 1.54) is 63.9 Å². The predicted octanol–water partition coefficient (Wildman–Crippen LogP) is 3.21. The monoisotopic (exact) mass is 365 g/mol. The highest BCUT2D eigenvalue weighted by molar-refractivity contribution is 7.09. The lowest BCUT2D eigenvalue weighted by atomic mass is 10.1. The van der Waals surface area contributed by atoms with Crippen molar-refractivity contribution in [2.24, 2.45) is 4.99 Å². The average molecular weight is 366 g/mol. The van der Waals surface area contributed by atoms with Crippen molar-refractivity contribution in [2.75, 3.05) is 39.3 Å². The summed E-state index contributed by atoms with van der Waals surface area (Å²) in [5.41, 5.74) is 1.17. The Morgan fingerprint density at radius 1 is 1.20 bits per heavy atom. The molecule has 0 bridgehead atoms. The molecule has 0 aliphatic carbocycles. The van der Waals surface area contributed by atoms with Crippen LogP contribution in [0.2, 0.25) is 0 Å². The van der Waals surface area contributed by atoms with Gasteiger partial charge in [-0.2, -0.15) is 0 Å². The van der Waals surface area contributed by atoms with Gasteiger partial charge in [0, 0.05) is 31.4 Å². The number of rotatable bonds is 10. The second-order valence-corrected chi connectivity index (χ2v) is 7.82. The molecule has 0 radical (unpaired) electrons. The number of unbranched alkanes of at least 4 members (excludes halogenated alkanes) is 2. The van der Waals surface area contributed by atoms with E-state index in [-0.39, 0.29) is 0 Å². The number of hydrogen-bond acceptors (Lipinski definition) is 4. The van der Waals surface area contributed by atoms with Gasteiger partial charge in [0.1, 0.15) is 0 Å². The molecule has 25 heavy (non-hydrogen) atoms. The molecule has 2 N–H and O–H groups in total. The van der Waals surface area contributed by atoms with E-state index >= 15 is 0 Å². The molecule has 0 spiro atoms. The maximum atomic E-state index is 4.70. The topological polar surface area (TPSA) is 52.6 Å². The van der Waals surface area contributed by atoms with Crippen molar-refractivity contribution in [3.63, 3.8) is 0 Å². The van der Waals surface area contributed by atoms with Crippen molar-refractivity contribution in [3.05, 3.63) is 16.1 Å². The molecule has 1 aromatic rings. The number of aliphatic imine (C=N–C) groups is 1. The van der Waals surface area contributed by atoms with Gasteiger partial charge in [0.25, 0.3) is 0 Å². The van der Waals surface area contributed by atoms with E-state index < -0.39 is 0 Å². The first-order valence-corrected chi connectivity index (χ1v) is 10.8. The van der Waals surface area contributed by atoms with Crippen LogP contribution in [0, 0.1) is 6.92 Å². The van der Waals surface area contributed by atoms with Gasteiger partial charge in [-0.1, -0.05) is 12.8 Å². The van der Waals surface area contributed by atoms with Crippen molar-refractivity contribution in [1.82, 2.24) is 20.5 Å². The number of likely N-dealkylation sites (tertiary alicyclic amines) is 1. The Labute approximate surface area is 157 Å². The first kappa shape index (κ1) is 20.2. The lowest BCUT2D eigenvalue weighted by Crippen LogP contribution is -2.38. The Kier molecular flexibility index (Phi) is 9.89. The molecule has 0 atom stereocenters. The van der Waals surface area contributed by atoms with Crippen molar-refractivity contribution in [1.29, 1.82) is 0 Å². The van der Waals surface area contributed by atoms with E-state index in [0.29, 0.717) is 0 Å². The van der Waals surface area contributed by atoms with Crippen molar-refractivity contribution in [2.45, 2.75) is 58.8 Å². The fourth-order valence-corrected chi connectivity index (χ4v) is 3.82. The Hall–Kier alpha value is -1.14. The third-order valence-corrected chi connectivity index (χ3v) is 5.36. The van der Waals surface area contributed by atoms with Gasteiger partial charge in [0.05, 0.1) is 10.7 Å². The second-order valence-electron chi connectivity index (χ2n) is 6.76. The van der Waals surface area contributed by atoms with Crippen molar-refractivity contribution >= 4 is 17.3 Å². The van der Waals surface area contributed by atoms with Gasteiger partial charge < -0.3 is 15.5 Å². The quantitative estimate of drug-likeness (QED) is 0.380. The molecule has 2 rings (SSSR count). The van der Waals surface area contributed by atoms with E-state index in [2.05, 4.69) is 39.7 Å². The van der Waals surface area contributed by atoms with Crippen LogP contribution in [0.25, 0.3) is 0 Å². The minimum atomic E-state index is 0.879. The van der Waals surface area contributed by atoms with Crippen molar-refractivity contribution in [3.8, 4) is 0 Å². The molecule has 1 aromatic heterocycles. The third-order valence-electron chi connectivity index (χ3n) is 4.54. The minimum Gasteiger partial charge on any atom is -0.357 e. The standard InChI is InChI=1S/C19H35N5S/c1-3-20-19(22-12-10-18-16-25-17(2)23-18)21-11-6-4-7-13-24-14-8-5-9-15-24/h16H,3-15H2,1-2H3,(H2,20,21,22). The van der Waals surface area contributed by atoms with E-state index in [9.17, 15) is 0 Å². The number of nitrogens with one attached hydrogen (secondary N) is 2. The number of hydrogen-bond donors (Lipinski definition) is 2. The third kappa shape index (κ3) is 8.68. The smallest absolute Gasteiger partial charge is 0.191 e. The van der Waals surface area contributed by atoms with Gasteiger partial charge in [0.15, 0.2) is 5.96 Å². The van der Waals surface area contributed by atoms with Crippen molar-refractivity contribution < 1.29 is 0 Å². The molecule has 1 aliphatic heterocycles. The molecule has 0 aromatic carbocycles. The molecular weight excluding hydrogens is 330 g/mol. The fraction of sp³-hybridized carbons (Fsp3) is 0.789. The zero-order chi connectivity index (χ0) is 17.7. The van der Waals surface area contributed by atoms with Crippen LogP contribution < -0.4 is 10.6 Å². The van der Waals surface area contributed by atoms with E-state index in [4.69, 9.17) is 4.99 Å². The number of aryl methyl sites for hydroxylation is 1.